The summed E-state index contributed by atoms with van der Waals surface area (Å²) in [7, 11) is -3.80. The second kappa shape index (κ2) is 5.47. The van der Waals surface area contributed by atoms with Crippen LogP contribution in [0.15, 0.2) is 40.6 Å². The Balaban J connectivity index is 3.15. The van der Waals surface area contributed by atoms with Crippen LogP contribution in [0.4, 0.5) is 4.39 Å². The zero-order chi connectivity index (χ0) is 12.2. The highest BCUT2D eigenvalue weighted by Gasteiger charge is 2.18. The third-order valence-electron chi connectivity index (χ3n) is 1.85. The van der Waals surface area contributed by atoms with Crippen LogP contribution in [0, 0.1) is 5.82 Å². The molecule has 0 aliphatic rings. The molecular weight excluding hydrogens is 249 g/mol. The molecule has 1 aromatic rings. The van der Waals surface area contributed by atoms with Gasteiger partial charge in [-0.3, -0.25) is 0 Å². The van der Waals surface area contributed by atoms with Crippen LogP contribution in [-0.4, -0.2) is 21.2 Å². The summed E-state index contributed by atoms with van der Waals surface area (Å²) in [5.74, 6) is -0.755. The van der Waals surface area contributed by atoms with Gasteiger partial charge in [-0.15, -0.1) is 18.3 Å². The second-order valence-corrected chi connectivity index (χ2v) is 5.55. The van der Waals surface area contributed by atoms with E-state index in [0.29, 0.717) is 4.90 Å². The van der Waals surface area contributed by atoms with Gasteiger partial charge in [0.05, 0.1) is 0 Å². The molecule has 0 heterocycles. The summed E-state index contributed by atoms with van der Waals surface area (Å²) < 4.78 is 38.9. The quantitative estimate of drug-likeness (QED) is 0.651. The molecule has 88 valence electrons. The van der Waals surface area contributed by atoms with E-state index in [1.54, 1.807) is 6.26 Å². The number of sulfonamides is 1. The molecule has 0 radical (unpaired) electrons. The molecule has 0 aliphatic carbocycles. The molecule has 1 rings (SSSR count). The van der Waals surface area contributed by atoms with Gasteiger partial charge < -0.3 is 0 Å². The van der Waals surface area contributed by atoms with Crippen molar-refractivity contribution in [2.45, 2.75) is 9.79 Å². The first-order valence-electron chi connectivity index (χ1n) is 4.45. The van der Waals surface area contributed by atoms with Crippen molar-refractivity contribution in [2.24, 2.45) is 0 Å². The van der Waals surface area contributed by atoms with Crippen LogP contribution in [0.2, 0.25) is 0 Å². The van der Waals surface area contributed by atoms with Crippen molar-refractivity contribution < 1.29 is 12.8 Å². The molecule has 0 unspecified atom stereocenters. The van der Waals surface area contributed by atoms with E-state index in [-0.39, 0.29) is 11.4 Å². The SMILES string of the molecule is C=CCNS(=O)(=O)c1cc(SC)ccc1F. The molecule has 16 heavy (non-hydrogen) atoms. The molecule has 0 aromatic heterocycles. The molecule has 6 heteroatoms. The summed E-state index contributed by atoms with van der Waals surface area (Å²) in [6.07, 6.45) is 3.19. The van der Waals surface area contributed by atoms with Crippen molar-refractivity contribution in [1.29, 1.82) is 0 Å². The first-order chi connectivity index (χ1) is 7.51. The van der Waals surface area contributed by atoms with Gasteiger partial charge in [0.2, 0.25) is 10.0 Å². The molecule has 0 amide bonds. The monoisotopic (exact) mass is 261 g/mol. The lowest BCUT2D eigenvalue weighted by molar-refractivity contribution is 0.558. The summed E-state index contributed by atoms with van der Waals surface area (Å²) in [6.45, 7) is 3.46. The van der Waals surface area contributed by atoms with Crippen LogP contribution in [-0.2, 0) is 10.0 Å². The van der Waals surface area contributed by atoms with Crippen molar-refractivity contribution in [2.75, 3.05) is 12.8 Å². The van der Waals surface area contributed by atoms with E-state index in [1.807, 2.05) is 0 Å². The minimum atomic E-state index is -3.80. The van der Waals surface area contributed by atoms with Gasteiger partial charge in [0.25, 0.3) is 0 Å². The second-order valence-electron chi connectivity index (χ2n) is 2.94. The minimum absolute atomic E-state index is 0.0747. The normalized spacial score (nSPS) is 11.4. The molecule has 0 saturated carbocycles. The van der Waals surface area contributed by atoms with Gasteiger partial charge in [0.15, 0.2) is 0 Å². The standard InChI is InChI=1S/C10H12FNO2S2/c1-3-6-12-16(13,14)10-7-8(15-2)4-5-9(10)11/h3-5,7,12H,1,6H2,2H3. The summed E-state index contributed by atoms with van der Waals surface area (Å²) in [4.78, 5) is 0.363. The predicted octanol–water partition coefficient (Wildman–Crippen LogP) is 2.01. The van der Waals surface area contributed by atoms with Gasteiger partial charge in [0.1, 0.15) is 10.7 Å². The Kier molecular flexibility index (Phi) is 4.52. The number of thioether (sulfide) groups is 1. The van der Waals surface area contributed by atoms with E-state index < -0.39 is 15.8 Å². The van der Waals surface area contributed by atoms with Crippen molar-refractivity contribution >= 4 is 21.8 Å². The molecule has 0 aliphatic heterocycles. The Hall–Kier alpha value is -0.850. The lowest BCUT2D eigenvalue weighted by Gasteiger charge is -2.07. The van der Waals surface area contributed by atoms with Gasteiger partial charge in [0, 0.05) is 11.4 Å². The zero-order valence-electron chi connectivity index (χ0n) is 8.73. The topological polar surface area (TPSA) is 46.2 Å². The fraction of sp³-hybridized carbons (Fsp3) is 0.200. The summed E-state index contributed by atoms with van der Waals surface area (Å²) in [5, 5.41) is 0. The number of hydrogen-bond acceptors (Lipinski definition) is 3. The molecule has 0 spiro atoms. The van der Waals surface area contributed by atoms with Crippen molar-refractivity contribution in [1.82, 2.24) is 4.72 Å². The van der Waals surface area contributed by atoms with Crippen LogP contribution < -0.4 is 4.72 Å². The highest BCUT2D eigenvalue weighted by Crippen LogP contribution is 2.21. The number of nitrogens with one attached hydrogen (secondary N) is 1. The first-order valence-corrected chi connectivity index (χ1v) is 7.16. The van der Waals surface area contributed by atoms with E-state index in [1.165, 1.54) is 30.0 Å². The zero-order valence-corrected chi connectivity index (χ0v) is 10.4. The first kappa shape index (κ1) is 13.2. The molecule has 0 bridgehead atoms. The number of halogens is 1. The fourth-order valence-corrected chi connectivity index (χ4v) is 2.68. The Morgan fingerprint density at radius 1 is 1.56 bits per heavy atom. The van der Waals surface area contributed by atoms with Gasteiger partial charge >= 0.3 is 0 Å². The number of rotatable bonds is 5. The molecule has 0 saturated heterocycles. The Morgan fingerprint density at radius 2 is 2.25 bits per heavy atom. The van der Waals surface area contributed by atoms with E-state index in [0.717, 1.165) is 6.07 Å². The van der Waals surface area contributed by atoms with Crippen molar-refractivity contribution in [3.05, 3.63) is 36.7 Å². The van der Waals surface area contributed by atoms with E-state index in [2.05, 4.69) is 11.3 Å². The fourth-order valence-electron chi connectivity index (χ4n) is 1.06. The van der Waals surface area contributed by atoms with Crippen LogP contribution in [0.5, 0.6) is 0 Å². The Bertz CT molecular complexity index is 486. The molecule has 0 atom stereocenters. The van der Waals surface area contributed by atoms with Gasteiger partial charge in [-0.05, 0) is 24.5 Å². The van der Waals surface area contributed by atoms with Crippen molar-refractivity contribution in [3.63, 3.8) is 0 Å². The average molecular weight is 261 g/mol. The van der Waals surface area contributed by atoms with E-state index in [4.69, 9.17) is 0 Å². The minimum Gasteiger partial charge on any atom is -0.207 e. The Labute approximate surface area is 98.8 Å². The average Bonchev–Trinajstić information content (AvgIpc) is 2.27. The van der Waals surface area contributed by atoms with Crippen LogP contribution in [0.25, 0.3) is 0 Å². The van der Waals surface area contributed by atoms with Gasteiger partial charge in [-0.2, -0.15) is 0 Å². The van der Waals surface area contributed by atoms with E-state index >= 15 is 0 Å². The smallest absolute Gasteiger partial charge is 0.207 e. The maximum atomic E-state index is 13.4. The maximum absolute atomic E-state index is 13.4. The third-order valence-corrected chi connectivity index (χ3v) is 4.01. The highest BCUT2D eigenvalue weighted by molar-refractivity contribution is 7.98. The van der Waals surface area contributed by atoms with Crippen LogP contribution in [0.3, 0.4) is 0 Å². The van der Waals surface area contributed by atoms with Gasteiger partial charge in [-0.25, -0.2) is 17.5 Å². The number of benzene rings is 1. The summed E-state index contributed by atoms with van der Waals surface area (Å²) >= 11 is 1.35. The molecule has 1 N–H and O–H groups in total. The van der Waals surface area contributed by atoms with Crippen LogP contribution in [0.1, 0.15) is 0 Å². The largest absolute Gasteiger partial charge is 0.243 e. The van der Waals surface area contributed by atoms with E-state index in [9.17, 15) is 12.8 Å². The highest BCUT2D eigenvalue weighted by atomic mass is 32.2. The summed E-state index contributed by atoms with van der Waals surface area (Å²) in [5.41, 5.74) is 0. The molecule has 0 fully saturated rings. The van der Waals surface area contributed by atoms with Crippen molar-refractivity contribution in [3.8, 4) is 0 Å². The lowest BCUT2D eigenvalue weighted by atomic mass is 10.3. The lowest BCUT2D eigenvalue weighted by Crippen LogP contribution is -2.24. The molecule has 3 nitrogen and oxygen atoms in total. The molecular formula is C10H12FNO2S2. The third kappa shape index (κ3) is 3.07. The van der Waals surface area contributed by atoms with Gasteiger partial charge in [-0.1, -0.05) is 6.08 Å². The summed E-state index contributed by atoms with van der Waals surface area (Å²) in [6, 6.07) is 3.99. The maximum Gasteiger partial charge on any atom is 0.243 e. The Morgan fingerprint density at radius 3 is 2.81 bits per heavy atom. The number of hydrogen-bond donors (Lipinski definition) is 1. The predicted molar refractivity (Wildman–Crippen MR) is 63.6 cm³/mol. The van der Waals surface area contributed by atoms with Crippen LogP contribution >= 0.6 is 11.8 Å². The molecule has 1 aromatic carbocycles.